The van der Waals surface area contributed by atoms with E-state index in [1.54, 1.807) is 18.2 Å². The maximum Gasteiger partial charge on any atom is 0.319 e. The first-order valence-corrected chi connectivity index (χ1v) is 8.10. The van der Waals surface area contributed by atoms with Crippen molar-refractivity contribution in [1.29, 1.82) is 0 Å². The van der Waals surface area contributed by atoms with Crippen molar-refractivity contribution in [2.45, 2.75) is 13.3 Å². The Balaban J connectivity index is 1.92. The van der Waals surface area contributed by atoms with E-state index in [2.05, 4.69) is 16.0 Å². The van der Waals surface area contributed by atoms with Gasteiger partial charge in [0, 0.05) is 24.2 Å². The van der Waals surface area contributed by atoms with E-state index in [-0.39, 0.29) is 11.9 Å². The number of amides is 3. The number of rotatable bonds is 6. The third kappa shape index (κ3) is 6.00. The summed E-state index contributed by atoms with van der Waals surface area (Å²) < 4.78 is 5.22. The number of hydrogen-bond acceptors (Lipinski definition) is 3. The second-order valence-electron chi connectivity index (χ2n) is 5.35. The number of nitrogens with one attached hydrogen (secondary N) is 3. The van der Waals surface area contributed by atoms with Crippen LogP contribution in [0.2, 0.25) is 5.02 Å². The molecule has 0 heterocycles. The molecule has 2 rings (SSSR count). The van der Waals surface area contributed by atoms with Gasteiger partial charge in [-0.25, -0.2) is 4.79 Å². The van der Waals surface area contributed by atoms with Gasteiger partial charge < -0.3 is 20.7 Å². The summed E-state index contributed by atoms with van der Waals surface area (Å²) in [4.78, 5) is 23.2. The van der Waals surface area contributed by atoms with Crippen molar-refractivity contribution < 1.29 is 14.3 Å². The summed E-state index contributed by atoms with van der Waals surface area (Å²) >= 11 is 5.84. The van der Waals surface area contributed by atoms with Crippen LogP contribution in [0.25, 0.3) is 0 Å². The number of urea groups is 1. The highest BCUT2D eigenvalue weighted by atomic mass is 35.5. The fourth-order valence-electron chi connectivity index (χ4n) is 2.22. The van der Waals surface area contributed by atoms with Crippen molar-refractivity contribution in [3.05, 3.63) is 53.1 Å². The van der Waals surface area contributed by atoms with Crippen LogP contribution in [0.15, 0.2) is 42.5 Å². The SMILES string of the molecule is COc1ccc(NC(C)=O)cc1NC(=O)NCCc1ccc(Cl)cc1. The van der Waals surface area contributed by atoms with E-state index in [1.165, 1.54) is 14.0 Å². The molecule has 7 heteroatoms. The second kappa shape index (κ2) is 8.94. The van der Waals surface area contributed by atoms with Gasteiger partial charge in [0.05, 0.1) is 12.8 Å². The van der Waals surface area contributed by atoms with Crippen molar-refractivity contribution in [3.8, 4) is 5.75 Å². The molecule has 0 aliphatic carbocycles. The maximum absolute atomic E-state index is 12.1. The predicted molar refractivity (Wildman–Crippen MR) is 99.5 cm³/mol. The molecule has 25 heavy (non-hydrogen) atoms. The zero-order valence-electron chi connectivity index (χ0n) is 14.1. The van der Waals surface area contributed by atoms with Crippen molar-refractivity contribution in [1.82, 2.24) is 5.32 Å². The van der Waals surface area contributed by atoms with Crippen LogP contribution in [0.5, 0.6) is 5.75 Å². The molecule has 0 aliphatic heterocycles. The van der Waals surface area contributed by atoms with Gasteiger partial charge in [-0.15, -0.1) is 0 Å². The Morgan fingerprint density at radius 1 is 1.08 bits per heavy atom. The lowest BCUT2D eigenvalue weighted by atomic mass is 10.1. The van der Waals surface area contributed by atoms with E-state index >= 15 is 0 Å². The fraction of sp³-hybridized carbons (Fsp3) is 0.222. The molecule has 3 amide bonds. The van der Waals surface area contributed by atoms with Gasteiger partial charge in [-0.05, 0) is 42.3 Å². The average Bonchev–Trinajstić information content (AvgIpc) is 2.56. The smallest absolute Gasteiger partial charge is 0.319 e. The van der Waals surface area contributed by atoms with Gasteiger partial charge in [0.2, 0.25) is 5.91 Å². The van der Waals surface area contributed by atoms with Crippen molar-refractivity contribution in [3.63, 3.8) is 0 Å². The zero-order valence-corrected chi connectivity index (χ0v) is 14.8. The quantitative estimate of drug-likeness (QED) is 0.734. The maximum atomic E-state index is 12.1. The van der Waals surface area contributed by atoms with Crippen LogP contribution in [-0.2, 0) is 11.2 Å². The Morgan fingerprint density at radius 3 is 2.44 bits per heavy atom. The molecule has 132 valence electrons. The molecule has 0 atom stereocenters. The molecule has 0 spiro atoms. The second-order valence-corrected chi connectivity index (χ2v) is 5.79. The molecule has 0 aliphatic rings. The van der Waals surface area contributed by atoms with E-state index in [4.69, 9.17) is 16.3 Å². The summed E-state index contributed by atoms with van der Waals surface area (Å²) in [7, 11) is 1.51. The monoisotopic (exact) mass is 361 g/mol. The topological polar surface area (TPSA) is 79.5 Å². The van der Waals surface area contributed by atoms with Crippen LogP contribution in [0.4, 0.5) is 16.2 Å². The summed E-state index contributed by atoms with van der Waals surface area (Å²) in [5.41, 5.74) is 2.12. The Kier molecular flexibility index (Phi) is 6.65. The molecule has 0 saturated carbocycles. The molecule has 6 nitrogen and oxygen atoms in total. The van der Waals surface area contributed by atoms with E-state index < -0.39 is 0 Å². The first-order chi connectivity index (χ1) is 12.0. The summed E-state index contributed by atoms with van der Waals surface area (Å²) in [6.07, 6.45) is 0.688. The summed E-state index contributed by atoms with van der Waals surface area (Å²) in [6.45, 7) is 1.89. The van der Waals surface area contributed by atoms with Crippen molar-refractivity contribution in [2.75, 3.05) is 24.3 Å². The Bertz CT molecular complexity index is 748. The van der Waals surface area contributed by atoms with Crippen molar-refractivity contribution in [2.24, 2.45) is 0 Å². The number of carbonyl (C=O) groups is 2. The number of anilines is 2. The van der Waals surface area contributed by atoms with Crippen LogP contribution >= 0.6 is 11.6 Å². The minimum Gasteiger partial charge on any atom is -0.495 e. The normalized spacial score (nSPS) is 10.0. The Hall–Kier alpha value is -2.73. The van der Waals surface area contributed by atoms with Gasteiger partial charge in [0.1, 0.15) is 5.75 Å². The lowest BCUT2D eigenvalue weighted by Gasteiger charge is -2.13. The van der Waals surface area contributed by atoms with Crippen LogP contribution in [0, 0.1) is 0 Å². The largest absolute Gasteiger partial charge is 0.495 e. The van der Waals surface area contributed by atoms with Crippen LogP contribution in [-0.4, -0.2) is 25.6 Å². The lowest BCUT2D eigenvalue weighted by Crippen LogP contribution is -2.30. The van der Waals surface area contributed by atoms with E-state index in [0.717, 1.165) is 5.56 Å². The van der Waals surface area contributed by atoms with Crippen molar-refractivity contribution >= 4 is 34.9 Å². The molecule has 0 bridgehead atoms. The number of ether oxygens (including phenoxy) is 1. The van der Waals surface area contributed by atoms with E-state index in [9.17, 15) is 9.59 Å². The molecule has 0 saturated heterocycles. The summed E-state index contributed by atoms with van der Waals surface area (Å²) in [6, 6.07) is 12.1. The minimum absolute atomic E-state index is 0.191. The predicted octanol–water partition coefficient (Wildman–Crippen LogP) is 3.67. The van der Waals surface area contributed by atoms with E-state index in [0.29, 0.717) is 35.1 Å². The minimum atomic E-state index is -0.354. The first kappa shape index (κ1) is 18.6. The number of methoxy groups -OCH3 is 1. The van der Waals surface area contributed by atoms with Crippen LogP contribution in [0.3, 0.4) is 0 Å². The molecule has 0 radical (unpaired) electrons. The molecule has 3 N–H and O–H groups in total. The molecule has 0 fully saturated rings. The Morgan fingerprint density at radius 2 is 1.80 bits per heavy atom. The fourth-order valence-corrected chi connectivity index (χ4v) is 2.35. The molecule has 2 aromatic rings. The standard InChI is InChI=1S/C18H20ClN3O3/c1-12(23)21-15-7-8-17(25-2)16(11-15)22-18(24)20-10-9-13-3-5-14(19)6-4-13/h3-8,11H,9-10H2,1-2H3,(H,21,23)(H2,20,22,24). The molecule has 0 aromatic heterocycles. The van der Waals surface area contributed by atoms with Gasteiger partial charge >= 0.3 is 6.03 Å². The summed E-state index contributed by atoms with van der Waals surface area (Å²) in [5.74, 6) is 0.311. The van der Waals surface area contributed by atoms with Crippen LogP contribution in [0.1, 0.15) is 12.5 Å². The third-order valence-electron chi connectivity index (χ3n) is 3.38. The molecular formula is C18H20ClN3O3. The van der Waals surface area contributed by atoms with Gasteiger partial charge in [-0.1, -0.05) is 23.7 Å². The van der Waals surface area contributed by atoms with Gasteiger partial charge in [0.15, 0.2) is 0 Å². The van der Waals surface area contributed by atoms with E-state index in [1.807, 2.05) is 24.3 Å². The lowest BCUT2D eigenvalue weighted by molar-refractivity contribution is -0.114. The Labute approximate surface area is 151 Å². The van der Waals surface area contributed by atoms with Crippen LogP contribution < -0.4 is 20.7 Å². The molecule has 0 unspecified atom stereocenters. The van der Waals surface area contributed by atoms with Gasteiger partial charge in [-0.3, -0.25) is 4.79 Å². The third-order valence-corrected chi connectivity index (χ3v) is 3.63. The average molecular weight is 362 g/mol. The molecular weight excluding hydrogens is 342 g/mol. The van der Waals surface area contributed by atoms with Gasteiger partial charge in [-0.2, -0.15) is 0 Å². The summed E-state index contributed by atoms with van der Waals surface area (Å²) in [5, 5.41) is 8.85. The highest BCUT2D eigenvalue weighted by molar-refractivity contribution is 6.30. The highest BCUT2D eigenvalue weighted by Crippen LogP contribution is 2.27. The number of carbonyl (C=O) groups excluding carboxylic acids is 2. The number of halogens is 1. The highest BCUT2D eigenvalue weighted by Gasteiger charge is 2.09. The first-order valence-electron chi connectivity index (χ1n) is 7.73. The number of benzene rings is 2. The molecule has 2 aromatic carbocycles. The zero-order chi connectivity index (χ0) is 18.2. The number of hydrogen-bond donors (Lipinski definition) is 3. The van der Waals surface area contributed by atoms with Gasteiger partial charge in [0.25, 0.3) is 0 Å².